The van der Waals surface area contributed by atoms with Crippen LogP contribution in [0.5, 0.6) is 0 Å². The third-order valence-electron chi connectivity index (χ3n) is 4.60. The van der Waals surface area contributed by atoms with Crippen molar-refractivity contribution in [2.75, 3.05) is 6.61 Å². The van der Waals surface area contributed by atoms with Crippen LogP contribution in [0.15, 0.2) is 48.3 Å². The van der Waals surface area contributed by atoms with Gasteiger partial charge in [-0.25, -0.2) is 0 Å². The molecule has 2 atom stereocenters. The average molecular weight is 379 g/mol. The number of pyridine rings is 1. The van der Waals surface area contributed by atoms with Crippen LogP contribution in [-0.4, -0.2) is 27.7 Å². The summed E-state index contributed by atoms with van der Waals surface area (Å²) in [5.41, 5.74) is 3.13. The van der Waals surface area contributed by atoms with E-state index in [1.165, 1.54) is 0 Å². The van der Waals surface area contributed by atoms with Gasteiger partial charge in [0.2, 0.25) is 6.04 Å². The molecule has 3 rings (SSSR count). The maximum atomic E-state index is 11.6. The van der Waals surface area contributed by atoms with Crippen molar-refractivity contribution in [2.24, 2.45) is 0 Å². The normalized spacial score (nSPS) is 20.6. The number of hydrogen-bond donors (Lipinski definition) is 1. The number of nitro groups is 1. The van der Waals surface area contributed by atoms with Gasteiger partial charge in [-0.15, -0.1) is 0 Å². The molecule has 1 heterocycles. The van der Waals surface area contributed by atoms with Crippen molar-refractivity contribution in [3.8, 4) is 0 Å². The van der Waals surface area contributed by atoms with Crippen LogP contribution in [-0.2, 0) is 0 Å². The van der Waals surface area contributed by atoms with Gasteiger partial charge in [-0.1, -0.05) is 35.3 Å². The highest BCUT2D eigenvalue weighted by molar-refractivity contribution is 6.35. The smallest absolute Gasteiger partial charge is 0.224 e. The Morgan fingerprint density at radius 3 is 2.68 bits per heavy atom. The molecule has 2 aromatic rings. The largest absolute Gasteiger partial charge is 0.392 e. The van der Waals surface area contributed by atoms with E-state index >= 15 is 0 Å². The van der Waals surface area contributed by atoms with E-state index in [2.05, 4.69) is 4.98 Å². The molecule has 0 fully saturated rings. The first-order valence-corrected chi connectivity index (χ1v) is 8.57. The molecule has 5 nitrogen and oxygen atoms in total. The zero-order valence-electron chi connectivity index (χ0n) is 13.2. The second kappa shape index (κ2) is 7.52. The van der Waals surface area contributed by atoms with Crippen molar-refractivity contribution >= 4 is 28.8 Å². The number of aliphatic hydroxyl groups excluding tert-OH is 1. The maximum Gasteiger partial charge on any atom is 0.224 e. The molecule has 1 aliphatic rings. The van der Waals surface area contributed by atoms with Gasteiger partial charge in [-0.05, 0) is 46.9 Å². The lowest BCUT2D eigenvalue weighted by atomic mass is 9.75. The summed E-state index contributed by atoms with van der Waals surface area (Å²) in [7, 11) is 0. The van der Waals surface area contributed by atoms with Gasteiger partial charge in [0.1, 0.15) is 0 Å². The van der Waals surface area contributed by atoms with E-state index in [9.17, 15) is 15.2 Å². The molecule has 1 N–H and O–H groups in total. The molecule has 0 bridgehead atoms. The lowest BCUT2D eigenvalue weighted by Gasteiger charge is -2.30. The highest BCUT2D eigenvalue weighted by Gasteiger charge is 2.40. The molecular formula is C18H16Cl2N2O3. The summed E-state index contributed by atoms with van der Waals surface area (Å²) in [6, 6.07) is 7.89. The summed E-state index contributed by atoms with van der Waals surface area (Å²) in [4.78, 5) is 15.5. The van der Waals surface area contributed by atoms with Crippen LogP contribution in [0.1, 0.15) is 29.9 Å². The van der Waals surface area contributed by atoms with Crippen molar-refractivity contribution in [3.63, 3.8) is 0 Å². The van der Waals surface area contributed by atoms with Crippen LogP contribution < -0.4 is 0 Å². The predicted octanol–water partition coefficient (Wildman–Crippen LogP) is 4.36. The van der Waals surface area contributed by atoms with E-state index in [0.29, 0.717) is 27.6 Å². The fraction of sp³-hybridized carbons (Fsp3) is 0.278. The summed E-state index contributed by atoms with van der Waals surface area (Å²) in [6.45, 7) is -0.213. The average Bonchev–Trinajstić information content (AvgIpc) is 2.61. The minimum Gasteiger partial charge on any atom is -0.392 e. The predicted molar refractivity (Wildman–Crippen MR) is 97.5 cm³/mol. The van der Waals surface area contributed by atoms with E-state index in [1.54, 1.807) is 36.7 Å². The number of nitrogens with zero attached hydrogens (tertiary/aromatic N) is 2. The number of halogens is 2. The van der Waals surface area contributed by atoms with Gasteiger partial charge < -0.3 is 5.11 Å². The third kappa shape index (κ3) is 3.68. The standard InChI is InChI=1S/C18H16Cl2N2O3/c19-13-3-4-14(17(20)7-13)16-8-15(11-2-1-5-21-9-11)12(10-23)6-18(16)22(24)25/h1-5,7,9,16,18,23H,6,8,10H2. The van der Waals surface area contributed by atoms with Gasteiger partial charge in [-0.2, -0.15) is 0 Å². The molecule has 0 saturated carbocycles. The van der Waals surface area contributed by atoms with Crippen LogP contribution in [0.3, 0.4) is 0 Å². The summed E-state index contributed by atoms with van der Waals surface area (Å²) in [5, 5.41) is 22.3. The molecule has 0 amide bonds. The Kier molecular flexibility index (Phi) is 5.37. The number of rotatable bonds is 4. The topological polar surface area (TPSA) is 76.3 Å². The summed E-state index contributed by atoms with van der Waals surface area (Å²) in [5.74, 6) is -0.398. The molecule has 0 spiro atoms. The first-order chi connectivity index (χ1) is 12.0. The molecule has 7 heteroatoms. The minimum absolute atomic E-state index is 0.178. The van der Waals surface area contributed by atoms with Crippen molar-refractivity contribution in [3.05, 3.63) is 79.6 Å². The number of benzene rings is 1. The Morgan fingerprint density at radius 1 is 1.28 bits per heavy atom. The van der Waals surface area contributed by atoms with E-state index in [-0.39, 0.29) is 18.0 Å². The van der Waals surface area contributed by atoms with Gasteiger partial charge in [0, 0.05) is 33.8 Å². The Balaban J connectivity index is 2.08. The zero-order chi connectivity index (χ0) is 18.0. The lowest BCUT2D eigenvalue weighted by molar-refractivity contribution is -0.526. The lowest BCUT2D eigenvalue weighted by Crippen LogP contribution is -2.32. The molecule has 0 radical (unpaired) electrons. The number of hydrogen-bond acceptors (Lipinski definition) is 4. The molecule has 1 aromatic heterocycles. The van der Waals surface area contributed by atoms with Gasteiger partial charge in [0.25, 0.3) is 0 Å². The molecule has 25 heavy (non-hydrogen) atoms. The number of allylic oxidation sites excluding steroid dienone is 1. The van der Waals surface area contributed by atoms with Crippen molar-refractivity contribution in [1.82, 2.24) is 4.98 Å². The van der Waals surface area contributed by atoms with Gasteiger partial charge >= 0.3 is 0 Å². The van der Waals surface area contributed by atoms with Crippen LogP contribution in [0.2, 0.25) is 10.0 Å². The highest BCUT2D eigenvalue weighted by atomic mass is 35.5. The SMILES string of the molecule is O=[N+]([O-])C1CC(CO)=C(c2cccnc2)CC1c1ccc(Cl)cc1Cl. The van der Waals surface area contributed by atoms with Crippen molar-refractivity contribution in [1.29, 1.82) is 0 Å². The second-order valence-corrected chi connectivity index (χ2v) is 6.86. The first kappa shape index (κ1) is 17.9. The third-order valence-corrected chi connectivity index (χ3v) is 5.17. The van der Waals surface area contributed by atoms with Crippen LogP contribution in [0.4, 0.5) is 0 Å². The molecule has 0 saturated heterocycles. The molecule has 130 valence electrons. The molecule has 2 unspecified atom stereocenters. The van der Waals surface area contributed by atoms with Gasteiger partial charge in [-0.3, -0.25) is 15.1 Å². The van der Waals surface area contributed by atoms with E-state index < -0.39 is 12.0 Å². The minimum atomic E-state index is -0.846. The Hall–Kier alpha value is -1.95. The fourth-order valence-corrected chi connectivity index (χ4v) is 3.93. The summed E-state index contributed by atoms with van der Waals surface area (Å²) >= 11 is 12.3. The molecule has 1 aromatic carbocycles. The zero-order valence-corrected chi connectivity index (χ0v) is 14.7. The number of aromatic nitrogens is 1. The van der Waals surface area contributed by atoms with E-state index in [4.69, 9.17) is 23.2 Å². The monoisotopic (exact) mass is 378 g/mol. The van der Waals surface area contributed by atoms with Gasteiger partial charge in [0.05, 0.1) is 12.5 Å². The molecule has 0 aliphatic heterocycles. The van der Waals surface area contributed by atoms with Crippen molar-refractivity contribution < 1.29 is 10.0 Å². The van der Waals surface area contributed by atoms with Gasteiger partial charge in [0.15, 0.2) is 0 Å². The van der Waals surface area contributed by atoms with Crippen LogP contribution in [0.25, 0.3) is 5.57 Å². The van der Waals surface area contributed by atoms with Crippen LogP contribution >= 0.6 is 23.2 Å². The Bertz CT molecular complexity index is 824. The second-order valence-electron chi connectivity index (χ2n) is 6.02. The summed E-state index contributed by atoms with van der Waals surface area (Å²) < 4.78 is 0. The van der Waals surface area contributed by atoms with E-state index in [1.807, 2.05) is 6.07 Å². The molecule has 1 aliphatic carbocycles. The highest BCUT2D eigenvalue weighted by Crippen LogP contribution is 2.44. The van der Waals surface area contributed by atoms with E-state index in [0.717, 1.165) is 11.1 Å². The quantitative estimate of drug-likeness (QED) is 0.633. The maximum absolute atomic E-state index is 11.6. The van der Waals surface area contributed by atoms with Crippen molar-refractivity contribution in [2.45, 2.75) is 24.8 Å². The fourth-order valence-electron chi connectivity index (χ4n) is 3.38. The van der Waals surface area contributed by atoms with Crippen LogP contribution in [0, 0.1) is 10.1 Å². The molecular weight excluding hydrogens is 363 g/mol. The Morgan fingerprint density at radius 2 is 2.08 bits per heavy atom. The first-order valence-electron chi connectivity index (χ1n) is 7.82. The Labute approximate surface area is 155 Å². The number of aliphatic hydroxyl groups is 1. The summed E-state index contributed by atoms with van der Waals surface area (Å²) in [6.07, 6.45) is 3.96.